The number of hydrogen-bond donors (Lipinski definition) is 5. The highest BCUT2D eigenvalue weighted by atomic mass is 28.3. The van der Waals surface area contributed by atoms with Crippen molar-refractivity contribution in [2.24, 2.45) is 17.2 Å². The predicted molar refractivity (Wildman–Crippen MR) is 118 cm³/mol. The molecule has 25 heavy (non-hydrogen) atoms. The monoisotopic (exact) mass is 387 g/mol. The fourth-order valence-electron chi connectivity index (χ4n) is 2.87. The maximum absolute atomic E-state index is 6.58. The molecule has 0 aromatic rings. The van der Waals surface area contributed by atoms with Crippen molar-refractivity contribution in [3.05, 3.63) is 12.3 Å². The van der Waals surface area contributed by atoms with Gasteiger partial charge in [-0.25, -0.2) is 0 Å². The predicted octanol–water partition coefficient (Wildman–Crippen LogP) is 1.61. The second-order valence-corrected chi connectivity index (χ2v) is 16.6. The van der Waals surface area contributed by atoms with Gasteiger partial charge >= 0.3 is 0 Å². The van der Waals surface area contributed by atoms with Crippen molar-refractivity contribution in [3.63, 3.8) is 0 Å². The number of nitrogens with two attached hydrogens (primary N) is 3. The van der Waals surface area contributed by atoms with Crippen LogP contribution in [0.3, 0.4) is 0 Å². The number of rotatable bonds is 11. The van der Waals surface area contributed by atoms with Crippen LogP contribution in [0.15, 0.2) is 12.3 Å². The fraction of sp³-hybridized carbons (Fsp3) is 0.889. The first-order chi connectivity index (χ1) is 10.9. The van der Waals surface area contributed by atoms with Crippen LogP contribution in [0.25, 0.3) is 0 Å². The summed E-state index contributed by atoms with van der Waals surface area (Å²) in [6.45, 7) is 23.5. The van der Waals surface area contributed by atoms with E-state index in [1.165, 1.54) is 0 Å². The van der Waals surface area contributed by atoms with Crippen LogP contribution in [0, 0.1) is 0 Å². The summed E-state index contributed by atoms with van der Waals surface area (Å²) < 4.78 is 0. The minimum atomic E-state index is -1.41. The average molecular weight is 388 g/mol. The summed E-state index contributed by atoms with van der Waals surface area (Å²) in [5.41, 5.74) is 20.6. The maximum atomic E-state index is 6.58. The molecule has 0 saturated carbocycles. The van der Waals surface area contributed by atoms with E-state index >= 15 is 0 Å². The third-order valence-electron chi connectivity index (χ3n) is 5.34. The molecule has 3 atom stereocenters. The first-order valence-electron chi connectivity index (χ1n) is 9.43. The van der Waals surface area contributed by atoms with E-state index in [1.54, 1.807) is 0 Å². The Kier molecular flexibility index (Phi) is 8.77. The highest BCUT2D eigenvalue weighted by Gasteiger charge is 2.36. The fourth-order valence-corrected chi connectivity index (χ4v) is 7.00. The summed E-state index contributed by atoms with van der Waals surface area (Å²) in [4.78, 5) is 7.35. The van der Waals surface area contributed by atoms with Crippen molar-refractivity contribution in [3.8, 4) is 0 Å². The zero-order valence-electron chi connectivity index (χ0n) is 18.2. The lowest BCUT2D eigenvalue weighted by atomic mass is 9.90. The minimum absolute atomic E-state index is 0.0782. The zero-order chi connectivity index (χ0) is 20.3. The lowest BCUT2D eigenvalue weighted by Gasteiger charge is -2.41. The van der Waals surface area contributed by atoms with Gasteiger partial charge in [-0.1, -0.05) is 26.1 Å². The van der Waals surface area contributed by atoms with Crippen molar-refractivity contribution < 1.29 is 0 Å². The molecule has 0 aliphatic heterocycles. The molecule has 3 unspecified atom stereocenters. The smallest absolute Gasteiger partial charge is 0.140 e. The van der Waals surface area contributed by atoms with Gasteiger partial charge in [0.15, 0.2) is 0 Å². The Bertz CT molecular complexity index is 424. The van der Waals surface area contributed by atoms with Gasteiger partial charge in [0.1, 0.15) is 17.9 Å². The van der Waals surface area contributed by atoms with Gasteiger partial charge in [0, 0.05) is 16.7 Å². The Morgan fingerprint density at radius 3 is 1.84 bits per heavy atom. The van der Waals surface area contributed by atoms with Gasteiger partial charge in [-0.2, -0.15) is 0 Å². The lowest BCUT2D eigenvalue weighted by molar-refractivity contribution is 0.332. The standard InChI is InChI=1S/C18H45N5Si2/c1-11-25(23-17(6,7)20)15(2,3)13-12-14(19)16(4,5)22-24(10)18(8,9)21/h11,14,22-25H,1,12-13,19-21H2,2-10H3. The molecule has 0 radical (unpaired) electrons. The third kappa shape index (κ3) is 8.94. The highest BCUT2D eigenvalue weighted by Crippen LogP contribution is 2.35. The van der Waals surface area contributed by atoms with Crippen LogP contribution in [-0.2, 0) is 0 Å². The summed E-state index contributed by atoms with van der Waals surface area (Å²) in [7, 11) is -2.70. The van der Waals surface area contributed by atoms with Crippen molar-refractivity contribution in [1.82, 2.24) is 9.96 Å². The topological polar surface area (TPSA) is 102 Å². The molecule has 0 aliphatic rings. The molecule has 0 saturated heterocycles. The second-order valence-electron chi connectivity index (χ2n) is 10.1. The lowest BCUT2D eigenvalue weighted by Crippen LogP contribution is -2.65. The van der Waals surface area contributed by atoms with E-state index < -0.39 is 17.9 Å². The molecule has 0 fully saturated rings. The highest BCUT2D eigenvalue weighted by molar-refractivity contribution is 6.64. The zero-order valence-corrected chi connectivity index (χ0v) is 20.5. The molecule has 150 valence electrons. The largest absolute Gasteiger partial charge is 0.332 e. The first-order valence-corrected chi connectivity index (χ1v) is 13.6. The van der Waals surface area contributed by atoms with Gasteiger partial charge in [-0.15, -0.1) is 6.58 Å². The molecule has 0 aromatic carbocycles. The molecule has 8 N–H and O–H groups in total. The van der Waals surface area contributed by atoms with Gasteiger partial charge in [0.2, 0.25) is 0 Å². The molecule has 0 bridgehead atoms. The van der Waals surface area contributed by atoms with Crippen molar-refractivity contribution in [2.45, 2.75) is 102 Å². The van der Waals surface area contributed by atoms with Gasteiger partial charge in [0.25, 0.3) is 0 Å². The molecule has 0 spiro atoms. The summed E-state index contributed by atoms with van der Waals surface area (Å²) >= 11 is 0. The number of hydrogen-bond acceptors (Lipinski definition) is 5. The van der Waals surface area contributed by atoms with E-state index in [0.717, 1.165) is 12.8 Å². The molecule has 5 nitrogen and oxygen atoms in total. The van der Waals surface area contributed by atoms with Crippen molar-refractivity contribution in [1.29, 1.82) is 0 Å². The van der Waals surface area contributed by atoms with Gasteiger partial charge in [-0.05, 0) is 59.4 Å². The van der Waals surface area contributed by atoms with Crippen LogP contribution in [-0.4, -0.2) is 40.3 Å². The summed E-state index contributed by atoms with van der Waals surface area (Å²) in [6, 6.07) is 0.0782. The Balaban J connectivity index is 4.88. The van der Waals surface area contributed by atoms with Crippen LogP contribution in [0.4, 0.5) is 0 Å². The Labute approximate surface area is 159 Å². The van der Waals surface area contributed by atoms with E-state index in [-0.39, 0.29) is 27.4 Å². The molecular formula is C18H45N5Si2. The van der Waals surface area contributed by atoms with Crippen LogP contribution in [0.5, 0.6) is 0 Å². The third-order valence-corrected chi connectivity index (χ3v) is 12.2. The van der Waals surface area contributed by atoms with E-state index in [1.807, 2.05) is 13.8 Å². The summed E-state index contributed by atoms with van der Waals surface area (Å²) in [6.07, 6.45) is 2.01. The van der Waals surface area contributed by atoms with E-state index in [0.29, 0.717) is 0 Å². The molecule has 0 rings (SSSR count). The quantitative estimate of drug-likeness (QED) is 0.274. The molecule has 0 aliphatic carbocycles. The molecule has 0 amide bonds. The minimum Gasteiger partial charge on any atom is -0.332 e. The SMILES string of the molecule is C=C[SiH](NC(C)(C)N)C(C)(C)CCC(N)C(C)(C)N[SiH](C)C(C)(C)N. The second kappa shape index (κ2) is 8.77. The Morgan fingerprint density at radius 2 is 1.48 bits per heavy atom. The van der Waals surface area contributed by atoms with Crippen LogP contribution in [0.2, 0.25) is 11.6 Å². The van der Waals surface area contributed by atoms with E-state index in [9.17, 15) is 0 Å². The Morgan fingerprint density at radius 1 is 1.00 bits per heavy atom. The molecule has 7 heteroatoms. The average Bonchev–Trinajstić information content (AvgIpc) is 2.39. The molecular weight excluding hydrogens is 342 g/mol. The maximum Gasteiger partial charge on any atom is 0.140 e. The van der Waals surface area contributed by atoms with Gasteiger partial charge in [-0.3, -0.25) is 0 Å². The van der Waals surface area contributed by atoms with E-state index in [2.05, 4.69) is 70.3 Å². The van der Waals surface area contributed by atoms with Crippen LogP contribution < -0.4 is 27.2 Å². The Hall–Kier alpha value is -0.0262. The van der Waals surface area contributed by atoms with Crippen LogP contribution in [0.1, 0.15) is 68.2 Å². The number of nitrogens with one attached hydrogen (secondary N) is 2. The molecule has 0 aromatic heterocycles. The molecule has 0 heterocycles. The summed E-state index contributed by atoms with van der Waals surface area (Å²) in [5.74, 6) is 0. The summed E-state index contributed by atoms with van der Waals surface area (Å²) in [5, 5.41) is 0.00993. The van der Waals surface area contributed by atoms with Crippen LogP contribution >= 0.6 is 0 Å². The van der Waals surface area contributed by atoms with Gasteiger partial charge < -0.3 is 27.2 Å². The normalized spacial score (nSPS) is 17.9. The first kappa shape index (κ1) is 25.0. The van der Waals surface area contributed by atoms with Crippen molar-refractivity contribution >= 4 is 17.9 Å². The van der Waals surface area contributed by atoms with Gasteiger partial charge in [0.05, 0.1) is 5.66 Å². The van der Waals surface area contributed by atoms with Crippen molar-refractivity contribution in [2.75, 3.05) is 0 Å². The van der Waals surface area contributed by atoms with E-state index in [4.69, 9.17) is 17.2 Å².